The zero-order valence-corrected chi connectivity index (χ0v) is 8.92. The van der Waals surface area contributed by atoms with Crippen LogP contribution in [0.1, 0.15) is 46.0 Å². The van der Waals surface area contributed by atoms with E-state index in [4.69, 9.17) is 9.47 Å². The topological polar surface area (TPSA) is 18.5 Å². The van der Waals surface area contributed by atoms with Crippen molar-refractivity contribution >= 4 is 0 Å². The molecule has 0 aliphatic carbocycles. The van der Waals surface area contributed by atoms with Gasteiger partial charge in [0.15, 0.2) is 6.29 Å². The first-order valence-electron chi connectivity index (χ1n) is 5.61. The molecule has 13 heavy (non-hydrogen) atoms. The van der Waals surface area contributed by atoms with E-state index in [-0.39, 0.29) is 6.29 Å². The van der Waals surface area contributed by atoms with Gasteiger partial charge in [0.2, 0.25) is 0 Å². The highest BCUT2D eigenvalue weighted by Gasteiger charge is 2.23. The Morgan fingerprint density at radius 3 is 2.46 bits per heavy atom. The molecule has 0 saturated carbocycles. The van der Waals surface area contributed by atoms with Gasteiger partial charge < -0.3 is 9.47 Å². The zero-order chi connectivity index (χ0) is 9.52. The van der Waals surface area contributed by atoms with Gasteiger partial charge in [0.25, 0.3) is 0 Å². The summed E-state index contributed by atoms with van der Waals surface area (Å²) in [5, 5.41) is 0. The predicted molar refractivity (Wildman–Crippen MR) is 53.6 cm³/mol. The maximum atomic E-state index is 5.61. The van der Waals surface area contributed by atoms with Crippen molar-refractivity contribution in [2.45, 2.75) is 52.2 Å². The third-order valence-electron chi connectivity index (χ3n) is 2.69. The second-order valence-corrected chi connectivity index (χ2v) is 3.77. The molecule has 0 radical (unpaired) electrons. The zero-order valence-electron chi connectivity index (χ0n) is 8.92. The molecule has 0 aromatic rings. The molecule has 0 bridgehead atoms. The van der Waals surface area contributed by atoms with Crippen molar-refractivity contribution in [3.8, 4) is 0 Å². The van der Waals surface area contributed by atoms with Gasteiger partial charge in [-0.3, -0.25) is 0 Å². The lowest BCUT2D eigenvalue weighted by atomic mass is 9.98. The molecule has 0 amide bonds. The molecule has 0 aromatic heterocycles. The molecule has 1 aliphatic heterocycles. The van der Waals surface area contributed by atoms with Crippen LogP contribution in [0, 0.1) is 5.92 Å². The summed E-state index contributed by atoms with van der Waals surface area (Å²) in [6, 6.07) is 0. The van der Waals surface area contributed by atoms with Crippen LogP contribution >= 0.6 is 0 Å². The van der Waals surface area contributed by atoms with E-state index in [1.54, 1.807) is 0 Å². The summed E-state index contributed by atoms with van der Waals surface area (Å²) >= 11 is 0. The smallest absolute Gasteiger partial charge is 0.160 e. The van der Waals surface area contributed by atoms with Crippen LogP contribution in [-0.2, 0) is 9.47 Å². The summed E-state index contributed by atoms with van der Waals surface area (Å²) in [6.45, 7) is 6.22. The van der Waals surface area contributed by atoms with E-state index < -0.39 is 0 Å². The van der Waals surface area contributed by atoms with Gasteiger partial charge in [-0.25, -0.2) is 0 Å². The van der Waals surface area contributed by atoms with Crippen LogP contribution in [0.2, 0.25) is 0 Å². The van der Waals surface area contributed by atoms with E-state index in [1.165, 1.54) is 25.7 Å². The lowest BCUT2D eigenvalue weighted by molar-refractivity contribution is -0.206. The highest BCUT2D eigenvalue weighted by atomic mass is 16.7. The largest absolute Gasteiger partial charge is 0.352 e. The Morgan fingerprint density at radius 2 is 1.92 bits per heavy atom. The molecule has 1 fully saturated rings. The minimum Gasteiger partial charge on any atom is -0.352 e. The molecular weight excluding hydrogens is 164 g/mol. The Kier molecular flexibility index (Phi) is 5.40. The average molecular weight is 186 g/mol. The number of hydrogen-bond donors (Lipinski definition) is 0. The summed E-state index contributed by atoms with van der Waals surface area (Å²) in [5.41, 5.74) is 0. The fraction of sp³-hybridized carbons (Fsp3) is 1.00. The van der Waals surface area contributed by atoms with E-state index in [9.17, 15) is 0 Å². The second kappa shape index (κ2) is 6.39. The van der Waals surface area contributed by atoms with Crippen LogP contribution < -0.4 is 0 Å². The van der Waals surface area contributed by atoms with Crippen molar-refractivity contribution in [3.05, 3.63) is 0 Å². The van der Waals surface area contributed by atoms with E-state index in [0.29, 0.717) is 5.92 Å². The van der Waals surface area contributed by atoms with Crippen molar-refractivity contribution in [2.24, 2.45) is 5.92 Å². The van der Waals surface area contributed by atoms with Gasteiger partial charge >= 0.3 is 0 Å². The predicted octanol–water partition coefficient (Wildman–Crippen LogP) is 2.97. The molecule has 1 saturated heterocycles. The number of unbranched alkanes of at least 4 members (excludes halogenated alkanes) is 1. The standard InChI is InChI=1S/C11H22O2/c1-3-5-7-10(4-2)11-12-8-6-9-13-11/h10-11H,3-9H2,1-2H3. The van der Waals surface area contributed by atoms with Crippen LogP contribution in [-0.4, -0.2) is 19.5 Å². The Morgan fingerprint density at radius 1 is 1.23 bits per heavy atom. The summed E-state index contributed by atoms with van der Waals surface area (Å²) in [4.78, 5) is 0. The van der Waals surface area contributed by atoms with E-state index in [2.05, 4.69) is 13.8 Å². The fourth-order valence-corrected chi connectivity index (χ4v) is 1.78. The van der Waals surface area contributed by atoms with Crippen LogP contribution in [0.4, 0.5) is 0 Å². The minimum absolute atomic E-state index is 0.0882. The lowest BCUT2D eigenvalue weighted by Crippen LogP contribution is -2.32. The minimum atomic E-state index is 0.0882. The molecule has 0 spiro atoms. The molecule has 1 atom stereocenters. The van der Waals surface area contributed by atoms with Gasteiger partial charge in [0, 0.05) is 5.92 Å². The first-order chi connectivity index (χ1) is 6.38. The van der Waals surface area contributed by atoms with Crippen molar-refractivity contribution in [3.63, 3.8) is 0 Å². The summed E-state index contributed by atoms with van der Waals surface area (Å²) in [7, 11) is 0. The Labute approximate surface area is 81.6 Å². The van der Waals surface area contributed by atoms with E-state index >= 15 is 0 Å². The third-order valence-corrected chi connectivity index (χ3v) is 2.69. The molecule has 0 aromatic carbocycles. The molecule has 1 heterocycles. The first kappa shape index (κ1) is 11.0. The Bertz CT molecular complexity index is 119. The fourth-order valence-electron chi connectivity index (χ4n) is 1.78. The first-order valence-corrected chi connectivity index (χ1v) is 5.61. The lowest BCUT2D eigenvalue weighted by Gasteiger charge is -2.29. The Hall–Kier alpha value is -0.0800. The highest BCUT2D eigenvalue weighted by Crippen LogP contribution is 2.22. The van der Waals surface area contributed by atoms with E-state index in [1.807, 2.05) is 0 Å². The summed E-state index contributed by atoms with van der Waals surface area (Å²) in [6.07, 6.45) is 6.12. The van der Waals surface area contributed by atoms with Crippen molar-refractivity contribution in [1.29, 1.82) is 0 Å². The van der Waals surface area contributed by atoms with Crippen molar-refractivity contribution < 1.29 is 9.47 Å². The van der Waals surface area contributed by atoms with Crippen LogP contribution in [0.25, 0.3) is 0 Å². The molecule has 2 nitrogen and oxygen atoms in total. The maximum absolute atomic E-state index is 5.61. The number of rotatable bonds is 5. The molecular formula is C11H22O2. The Balaban J connectivity index is 2.26. The molecule has 1 rings (SSSR count). The summed E-state index contributed by atoms with van der Waals surface area (Å²) < 4.78 is 11.2. The molecule has 1 unspecified atom stereocenters. The van der Waals surface area contributed by atoms with Gasteiger partial charge in [0.05, 0.1) is 13.2 Å². The molecule has 0 N–H and O–H groups in total. The van der Waals surface area contributed by atoms with Gasteiger partial charge in [-0.2, -0.15) is 0 Å². The van der Waals surface area contributed by atoms with Gasteiger partial charge in [0.1, 0.15) is 0 Å². The monoisotopic (exact) mass is 186 g/mol. The van der Waals surface area contributed by atoms with Crippen molar-refractivity contribution in [1.82, 2.24) is 0 Å². The van der Waals surface area contributed by atoms with Crippen LogP contribution in [0.5, 0.6) is 0 Å². The summed E-state index contributed by atoms with van der Waals surface area (Å²) in [5.74, 6) is 0.611. The molecule has 78 valence electrons. The van der Waals surface area contributed by atoms with Gasteiger partial charge in [-0.1, -0.05) is 26.7 Å². The van der Waals surface area contributed by atoms with Crippen LogP contribution in [0.3, 0.4) is 0 Å². The number of hydrogen-bond acceptors (Lipinski definition) is 2. The highest BCUT2D eigenvalue weighted by molar-refractivity contribution is 4.64. The van der Waals surface area contributed by atoms with Crippen molar-refractivity contribution in [2.75, 3.05) is 13.2 Å². The number of ether oxygens (including phenoxy) is 2. The second-order valence-electron chi connectivity index (χ2n) is 3.77. The molecule has 1 aliphatic rings. The normalized spacial score (nSPS) is 21.7. The van der Waals surface area contributed by atoms with E-state index in [0.717, 1.165) is 19.6 Å². The molecule has 2 heteroatoms. The van der Waals surface area contributed by atoms with Gasteiger partial charge in [-0.05, 0) is 19.3 Å². The van der Waals surface area contributed by atoms with Crippen LogP contribution in [0.15, 0.2) is 0 Å². The quantitative estimate of drug-likeness (QED) is 0.657. The van der Waals surface area contributed by atoms with Gasteiger partial charge in [-0.15, -0.1) is 0 Å². The average Bonchev–Trinajstić information content (AvgIpc) is 2.21. The third kappa shape index (κ3) is 3.65. The SMILES string of the molecule is CCCCC(CC)C1OCCCO1. The maximum Gasteiger partial charge on any atom is 0.160 e.